The van der Waals surface area contributed by atoms with Crippen LogP contribution in [-0.2, 0) is 4.79 Å². The Balaban J connectivity index is 1.89. The van der Waals surface area contributed by atoms with Crippen molar-refractivity contribution in [3.63, 3.8) is 0 Å². The highest BCUT2D eigenvalue weighted by Crippen LogP contribution is 2.47. The molecule has 0 bridgehead atoms. The third kappa shape index (κ3) is 3.47. The Morgan fingerprint density at radius 3 is 2.89 bits per heavy atom. The lowest BCUT2D eigenvalue weighted by atomic mass is 10.1. The van der Waals surface area contributed by atoms with Gasteiger partial charge in [-0.15, -0.1) is 0 Å². The number of amides is 1. The van der Waals surface area contributed by atoms with Gasteiger partial charge in [-0.3, -0.25) is 4.79 Å². The summed E-state index contributed by atoms with van der Waals surface area (Å²) in [4.78, 5) is 11.9. The number of rotatable bonds is 4. The number of benzene rings is 1. The summed E-state index contributed by atoms with van der Waals surface area (Å²) in [6.45, 7) is 4.30. The van der Waals surface area contributed by atoms with Crippen molar-refractivity contribution in [2.45, 2.75) is 31.7 Å². The van der Waals surface area contributed by atoms with Gasteiger partial charge >= 0.3 is 0 Å². The van der Waals surface area contributed by atoms with E-state index in [1.54, 1.807) is 0 Å². The van der Waals surface area contributed by atoms with Gasteiger partial charge in [0.25, 0.3) is 0 Å². The highest BCUT2D eigenvalue weighted by atomic mass is 35.5. The molecule has 1 fully saturated rings. The fourth-order valence-electron chi connectivity index (χ4n) is 2.04. The van der Waals surface area contributed by atoms with Crippen LogP contribution in [0.2, 0.25) is 5.02 Å². The number of nitrogens with one attached hydrogen (secondary N) is 1. The topological polar surface area (TPSA) is 55.1 Å². The zero-order valence-electron chi connectivity index (χ0n) is 10.7. The molecule has 1 saturated carbocycles. The van der Waals surface area contributed by atoms with Crippen molar-refractivity contribution >= 4 is 17.5 Å². The summed E-state index contributed by atoms with van der Waals surface area (Å²) >= 11 is 5.95. The summed E-state index contributed by atoms with van der Waals surface area (Å²) in [5.41, 5.74) is 6.62. The van der Waals surface area contributed by atoms with Crippen molar-refractivity contribution in [3.05, 3.63) is 34.9 Å². The van der Waals surface area contributed by atoms with Crippen LogP contribution in [0.4, 0.5) is 0 Å². The van der Waals surface area contributed by atoms with Crippen molar-refractivity contribution in [1.29, 1.82) is 0 Å². The molecule has 0 saturated heterocycles. The lowest BCUT2D eigenvalue weighted by Gasteiger charge is -2.18. The van der Waals surface area contributed by atoms with Crippen LogP contribution in [0.5, 0.6) is 0 Å². The number of hydrogen-bond acceptors (Lipinski definition) is 2. The Morgan fingerprint density at radius 2 is 2.28 bits per heavy atom. The van der Waals surface area contributed by atoms with Gasteiger partial charge in [-0.1, -0.05) is 23.7 Å². The van der Waals surface area contributed by atoms with Crippen molar-refractivity contribution in [2.75, 3.05) is 6.54 Å². The average Bonchev–Trinajstić information content (AvgIpc) is 3.05. The van der Waals surface area contributed by atoms with Crippen LogP contribution >= 0.6 is 11.6 Å². The molecule has 1 aromatic carbocycles. The molecule has 0 aliphatic heterocycles. The number of hydrogen-bond donors (Lipinski definition) is 2. The van der Waals surface area contributed by atoms with Gasteiger partial charge in [-0.25, -0.2) is 0 Å². The van der Waals surface area contributed by atoms with Crippen LogP contribution in [0.1, 0.15) is 31.7 Å². The summed E-state index contributed by atoms with van der Waals surface area (Å²) in [6.07, 6.45) is 0.900. The van der Waals surface area contributed by atoms with Crippen LogP contribution in [0, 0.1) is 5.92 Å². The van der Waals surface area contributed by atoms with E-state index >= 15 is 0 Å². The molecule has 1 aromatic rings. The van der Waals surface area contributed by atoms with Gasteiger partial charge in [0.15, 0.2) is 0 Å². The Labute approximate surface area is 113 Å². The summed E-state index contributed by atoms with van der Waals surface area (Å²) in [5, 5.41) is 3.63. The quantitative estimate of drug-likeness (QED) is 0.879. The Bertz CT molecular complexity index is 453. The minimum atomic E-state index is -0.365. The van der Waals surface area contributed by atoms with Crippen molar-refractivity contribution < 1.29 is 4.79 Å². The lowest BCUT2D eigenvalue weighted by Crippen LogP contribution is -2.45. The molecule has 2 rings (SSSR count). The van der Waals surface area contributed by atoms with E-state index in [1.165, 1.54) is 0 Å². The molecule has 4 heteroatoms. The molecule has 3 nitrogen and oxygen atoms in total. The van der Waals surface area contributed by atoms with Crippen LogP contribution < -0.4 is 11.1 Å². The Kier molecular flexibility index (Phi) is 3.64. The van der Waals surface area contributed by atoms with Crippen LogP contribution in [0.15, 0.2) is 24.3 Å². The number of nitrogens with two attached hydrogens (primary N) is 1. The third-order valence-corrected chi connectivity index (χ3v) is 3.36. The molecular weight excluding hydrogens is 248 g/mol. The van der Waals surface area contributed by atoms with Gasteiger partial charge in [-0.2, -0.15) is 0 Å². The first-order valence-corrected chi connectivity index (χ1v) is 6.57. The fraction of sp³-hybridized carbons (Fsp3) is 0.500. The van der Waals surface area contributed by atoms with E-state index in [-0.39, 0.29) is 17.4 Å². The molecule has 0 radical (unpaired) electrons. The maximum absolute atomic E-state index is 11.9. The smallest absolute Gasteiger partial charge is 0.223 e. The van der Waals surface area contributed by atoms with Crippen molar-refractivity contribution in [1.82, 2.24) is 5.32 Å². The highest BCUT2D eigenvalue weighted by Gasteiger charge is 2.43. The van der Waals surface area contributed by atoms with Gasteiger partial charge in [0.1, 0.15) is 0 Å². The molecule has 1 aliphatic rings. The molecule has 98 valence electrons. The summed E-state index contributed by atoms with van der Waals surface area (Å²) in [5.74, 6) is 0.480. The first-order valence-electron chi connectivity index (χ1n) is 6.19. The maximum Gasteiger partial charge on any atom is 0.223 e. The van der Waals surface area contributed by atoms with Crippen molar-refractivity contribution in [2.24, 2.45) is 11.7 Å². The Hall–Kier alpha value is -1.06. The van der Waals surface area contributed by atoms with Gasteiger partial charge in [0.05, 0.1) is 0 Å². The van der Waals surface area contributed by atoms with Crippen molar-refractivity contribution in [3.8, 4) is 0 Å². The van der Waals surface area contributed by atoms with Gasteiger partial charge < -0.3 is 11.1 Å². The summed E-state index contributed by atoms with van der Waals surface area (Å²) in [6, 6.07) is 7.73. The van der Waals surface area contributed by atoms with Gasteiger partial charge in [-0.05, 0) is 43.9 Å². The van der Waals surface area contributed by atoms with E-state index in [0.29, 0.717) is 12.5 Å². The Morgan fingerprint density at radius 1 is 1.56 bits per heavy atom. The zero-order valence-corrected chi connectivity index (χ0v) is 11.5. The number of carbonyl (C=O) groups excluding carboxylic acids is 1. The zero-order chi connectivity index (χ0) is 13.3. The molecule has 1 amide bonds. The SMILES string of the molecule is CC(C)(N)CNC(=O)C1CC1c1cccc(Cl)c1. The predicted molar refractivity (Wildman–Crippen MR) is 73.6 cm³/mol. The highest BCUT2D eigenvalue weighted by molar-refractivity contribution is 6.30. The van der Waals surface area contributed by atoms with Crippen LogP contribution in [0.3, 0.4) is 0 Å². The molecule has 18 heavy (non-hydrogen) atoms. The normalized spacial score (nSPS) is 22.7. The summed E-state index contributed by atoms with van der Waals surface area (Å²) < 4.78 is 0. The van der Waals surface area contributed by atoms with Gasteiger partial charge in [0, 0.05) is 23.0 Å². The lowest BCUT2D eigenvalue weighted by molar-refractivity contribution is -0.122. The molecule has 0 aromatic heterocycles. The van der Waals surface area contributed by atoms with E-state index in [4.69, 9.17) is 17.3 Å². The fourth-order valence-corrected chi connectivity index (χ4v) is 2.24. The molecule has 2 unspecified atom stereocenters. The molecule has 1 aliphatic carbocycles. The van der Waals surface area contributed by atoms with Crippen LogP contribution in [0.25, 0.3) is 0 Å². The second-order valence-corrected chi connectivity index (χ2v) is 6.15. The largest absolute Gasteiger partial charge is 0.354 e. The first-order chi connectivity index (χ1) is 8.37. The average molecular weight is 267 g/mol. The second kappa shape index (κ2) is 4.90. The third-order valence-electron chi connectivity index (χ3n) is 3.12. The van der Waals surface area contributed by atoms with Gasteiger partial charge in [0.2, 0.25) is 5.91 Å². The minimum absolute atomic E-state index is 0.0748. The molecule has 3 N–H and O–H groups in total. The summed E-state index contributed by atoms with van der Waals surface area (Å²) in [7, 11) is 0. The van der Waals surface area contributed by atoms with E-state index in [1.807, 2.05) is 38.1 Å². The number of carbonyl (C=O) groups is 1. The van der Waals surface area contributed by atoms with E-state index < -0.39 is 0 Å². The van der Waals surface area contributed by atoms with Crippen LogP contribution in [-0.4, -0.2) is 18.0 Å². The predicted octanol–water partition coefficient (Wildman–Crippen LogP) is 2.30. The monoisotopic (exact) mass is 266 g/mol. The molecule has 2 atom stereocenters. The minimum Gasteiger partial charge on any atom is -0.354 e. The van der Waals surface area contributed by atoms with E-state index in [0.717, 1.165) is 17.0 Å². The second-order valence-electron chi connectivity index (χ2n) is 5.71. The standard InChI is InChI=1S/C14H19ClN2O/c1-14(2,16)8-17-13(18)12-7-11(12)9-4-3-5-10(15)6-9/h3-6,11-12H,7-8,16H2,1-2H3,(H,17,18). The van der Waals surface area contributed by atoms with E-state index in [9.17, 15) is 4.79 Å². The van der Waals surface area contributed by atoms with E-state index in [2.05, 4.69) is 5.32 Å². The maximum atomic E-state index is 11.9. The molecule has 0 spiro atoms. The molecule has 0 heterocycles. The molecular formula is C14H19ClN2O. The first kappa shape index (κ1) is 13.4. The number of halogens is 1.